The highest BCUT2D eigenvalue weighted by molar-refractivity contribution is 7.92. The number of sulfonamides is 1. The predicted molar refractivity (Wildman–Crippen MR) is 91.6 cm³/mol. The van der Waals surface area contributed by atoms with Crippen molar-refractivity contribution >= 4 is 27.4 Å². The third kappa shape index (κ3) is 4.63. The van der Waals surface area contributed by atoms with Gasteiger partial charge >= 0.3 is 0 Å². The van der Waals surface area contributed by atoms with Gasteiger partial charge in [-0.1, -0.05) is 5.16 Å². The first-order chi connectivity index (χ1) is 11.7. The minimum atomic E-state index is -3.73. The Morgan fingerprint density at radius 1 is 1.28 bits per heavy atom. The maximum Gasteiger partial charge on any atom is 0.245 e. The Morgan fingerprint density at radius 2 is 2.00 bits per heavy atom. The number of nitrogens with one attached hydrogen (secondary N) is 1. The number of carbonyl (C=O) groups is 1. The van der Waals surface area contributed by atoms with Gasteiger partial charge < -0.3 is 19.3 Å². The molecule has 0 saturated heterocycles. The van der Waals surface area contributed by atoms with Crippen molar-refractivity contribution in [1.29, 1.82) is 0 Å². The zero-order valence-electron chi connectivity index (χ0n) is 14.3. The third-order valence-corrected chi connectivity index (χ3v) is 4.36. The van der Waals surface area contributed by atoms with E-state index >= 15 is 0 Å². The Kier molecular flexibility index (Phi) is 5.52. The number of aromatic nitrogens is 1. The largest absolute Gasteiger partial charge is 0.497 e. The number of rotatable bonds is 7. The smallest absolute Gasteiger partial charge is 0.245 e. The van der Waals surface area contributed by atoms with Crippen LogP contribution in [0, 0.1) is 6.92 Å². The number of hydrogen-bond donors (Lipinski definition) is 1. The van der Waals surface area contributed by atoms with E-state index in [2.05, 4.69) is 10.5 Å². The van der Waals surface area contributed by atoms with Gasteiger partial charge in [-0.2, -0.15) is 0 Å². The molecule has 2 aromatic rings. The summed E-state index contributed by atoms with van der Waals surface area (Å²) in [6.07, 6.45) is 0.983. The van der Waals surface area contributed by atoms with Crippen LogP contribution in [0.4, 0.5) is 11.5 Å². The topological polar surface area (TPSA) is 111 Å². The molecule has 1 N–H and O–H groups in total. The summed E-state index contributed by atoms with van der Waals surface area (Å²) in [5, 5.41) is 6.26. The van der Waals surface area contributed by atoms with Gasteiger partial charge in [-0.25, -0.2) is 12.7 Å². The first-order valence-corrected chi connectivity index (χ1v) is 9.02. The lowest BCUT2D eigenvalue weighted by atomic mass is 10.2. The Morgan fingerprint density at radius 3 is 2.52 bits per heavy atom. The Labute approximate surface area is 145 Å². The van der Waals surface area contributed by atoms with Gasteiger partial charge in [0.1, 0.15) is 23.8 Å². The summed E-state index contributed by atoms with van der Waals surface area (Å²) in [6.45, 7) is 1.16. The van der Waals surface area contributed by atoms with Crippen LogP contribution in [0.1, 0.15) is 5.76 Å². The number of aryl methyl sites for hydroxylation is 1. The summed E-state index contributed by atoms with van der Waals surface area (Å²) in [7, 11) is -0.778. The van der Waals surface area contributed by atoms with Crippen molar-refractivity contribution in [2.75, 3.05) is 36.6 Å². The van der Waals surface area contributed by atoms with E-state index in [0.29, 0.717) is 22.9 Å². The number of carbonyl (C=O) groups excluding carboxylic acids is 1. The molecule has 0 aliphatic carbocycles. The van der Waals surface area contributed by atoms with E-state index in [0.717, 1.165) is 10.6 Å². The quantitative estimate of drug-likeness (QED) is 0.785. The fourth-order valence-corrected chi connectivity index (χ4v) is 2.85. The monoisotopic (exact) mass is 369 g/mol. The molecule has 0 bridgehead atoms. The molecule has 0 fully saturated rings. The third-order valence-electron chi connectivity index (χ3n) is 3.24. The summed E-state index contributed by atoms with van der Waals surface area (Å²) in [5.41, 5.74) is 0.358. The highest BCUT2D eigenvalue weighted by Crippen LogP contribution is 2.29. The van der Waals surface area contributed by atoms with Crippen molar-refractivity contribution in [3.05, 3.63) is 30.0 Å². The Balaban J connectivity index is 2.22. The zero-order valence-corrected chi connectivity index (χ0v) is 15.1. The molecule has 0 unspecified atom stereocenters. The predicted octanol–water partition coefficient (Wildman–Crippen LogP) is 1.40. The van der Waals surface area contributed by atoms with Crippen LogP contribution in [-0.4, -0.2) is 46.5 Å². The molecule has 1 amide bonds. The summed E-state index contributed by atoms with van der Waals surface area (Å²) < 4.78 is 40.0. The summed E-state index contributed by atoms with van der Waals surface area (Å²) in [5.74, 6) is 0.824. The van der Waals surface area contributed by atoms with Crippen LogP contribution in [0.5, 0.6) is 11.5 Å². The second kappa shape index (κ2) is 7.43. The lowest BCUT2D eigenvalue weighted by Gasteiger charge is -2.19. The number of hydrogen-bond acceptors (Lipinski definition) is 7. The first-order valence-electron chi connectivity index (χ1n) is 7.17. The van der Waals surface area contributed by atoms with Gasteiger partial charge in [-0.05, 0) is 19.1 Å². The molecule has 0 aliphatic heterocycles. The molecule has 0 aliphatic rings. The van der Waals surface area contributed by atoms with Crippen LogP contribution in [0.15, 0.2) is 28.8 Å². The van der Waals surface area contributed by atoms with Crippen molar-refractivity contribution in [2.45, 2.75) is 6.92 Å². The lowest BCUT2D eigenvalue weighted by Crippen LogP contribution is -2.37. The van der Waals surface area contributed by atoms with E-state index in [1.165, 1.54) is 20.3 Å². The van der Waals surface area contributed by atoms with Gasteiger partial charge in [-0.3, -0.25) is 4.79 Å². The van der Waals surface area contributed by atoms with Crippen LogP contribution in [-0.2, 0) is 14.8 Å². The summed E-state index contributed by atoms with van der Waals surface area (Å²) in [6, 6.07) is 6.31. The van der Waals surface area contributed by atoms with Crippen molar-refractivity contribution < 1.29 is 27.2 Å². The molecule has 0 spiro atoms. The van der Waals surface area contributed by atoms with E-state index < -0.39 is 22.5 Å². The first kappa shape index (κ1) is 18.6. The van der Waals surface area contributed by atoms with Crippen LogP contribution in [0.3, 0.4) is 0 Å². The van der Waals surface area contributed by atoms with Crippen LogP contribution >= 0.6 is 0 Å². The number of methoxy groups -OCH3 is 2. The summed E-state index contributed by atoms with van der Waals surface area (Å²) >= 11 is 0. The number of nitrogens with zero attached hydrogens (tertiary/aromatic N) is 2. The molecule has 1 aromatic heterocycles. The number of ether oxygens (including phenoxy) is 2. The van der Waals surface area contributed by atoms with Gasteiger partial charge in [0.25, 0.3) is 0 Å². The zero-order chi connectivity index (χ0) is 18.6. The lowest BCUT2D eigenvalue weighted by molar-refractivity contribution is -0.114. The Bertz CT molecular complexity index is 862. The van der Waals surface area contributed by atoms with Gasteiger partial charge in [-0.15, -0.1) is 0 Å². The standard InChI is InChI=1S/C15H19N3O6S/c1-10-7-14(17-24-10)18(25(4,20)21)9-15(19)16-12-8-11(22-2)5-6-13(12)23-3/h5-8H,9H2,1-4H3,(H,16,19). The van der Waals surface area contributed by atoms with E-state index in [9.17, 15) is 13.2 Å². The van der Waals surface area contributed by atoms with Gasteiger partial charge in [0.05, 0.1) is 26.2 Å². The number of anilines is 2. The average Bonchev–Trinajstić information content (AvgIpc) is 2.97. The summed E-state index contributed by atoms with van der Waals surface area (Å²) in [4.78, 5) is 12.3. The second-order valence-electron chi connectivity index (χ2n) is 5.18. The molecular formula is C15H19N3O6S. The normalized spacial score (nSPS) is 11.0. The fourth-order valence-electron chi connectivity index (χ4n) is 2.07. The molecule has 1 aromatic carbocycles. The van der Waals surface area contributed by atoms with Crippen LogP contribution < -0.4 is 19.1 Å². The van der Waals surface area contributed by atoms with Crippen LogP contribution in [0.25, 0.3) is 0 Å². The molecule has 10 heteroatoms. The van der Waals surface area contributed by atoms with Crippen molar-refractivity contribution in [2.24, 2.45) is 0 Å². The van der Waals surface area contributed by atoms with Gasteiger partial charge in [0.15, 0.2) is 5.82 Å². The SMILES string of the molecule is COc1ccc(OC)c(NC(=O)CN(c2cc(C)on2)S(C)(=O)=O)c1. The van der Waals surface area contributed by atoms with Gasteiger partial charge in [0, 0.05) is 12.1 Å². The average molecular weight is 369 g/mol. The molecule has 0 saturated carbocycles. The van der Waals surface area contributed by atoms with Crippen molar-refractivity contribution in [3.63, 3.8) is 0 Å². The maximum absolute atomic E-state index is 12.3. The van der Waals surface area contributed by atoms with E-state index in [1.807, 2.05) is 0 Å². The van der Waals surface area contributed by atoms with E-state index in [1.54, 1.807) is 25.1 Å². The van der Waals surface area contributed by atoms with E-state index in [4.69, 9.17) is 14.0 Å². The fraction of sp³-hybridized carbons (Fsp3) is 0.333. The molecule has 2 rings (SSSR count). The molecule has 0 atom stereocenters. The van der Waals surface area contributed by atoms with Crippen LogP contribution in [0.2, 0.25) is 0 Å². The minimum Gasteiger partial charge on any atom is -0.497 e. The molecule has 25 heavy (non-hydrogen) atoms. The number of amides is 1. The molecule has 9 nitrogen and oxygen atoms in total. The minimum absolute atomic E-state index is 0.0350. The van der Waals surface area contributed by atoms with E-state index in [-0.39, 0.29) is 5.82 Å². The van der Waals surface area contributed by atoms with Gasteiger partial charge in [0.2, 0.25) is 15.9 Å². The maximum atomic E-state index is 12.3. The van der Waals surface area contributed by atoms with Crippen molar-refractivity contribution in [1.82, 2.24) is 5.16 Å². The molecular weight excluding hydrogens is 350 g/mol. The Hall–Kier alpha value is -2.75. The molecule has 1 heterocycles. The second-order valence-corrected chi connectivity index (χ2v) is 7.09. The highest BCUT2D eigenvalue weighted by Gasteiger charge is 2.24. The number of benzene rings is 1. The van der Waals surface area contributed by atoms with Crippen molar-refractivity contribution in [3.8, 4) is 11.5 Å². The molecule has 0 radical (unpaired) electrons. The molecule has 136 valence electrons. The highest BCUT2D eigenvalue weighted by atomic mass is 32.2.